The maximum absolute atomic E-state index is 14.1. The molecule has 1 atom stereocenters. The van der Waals surface area contributed by atoms with E-state index >= 15 is 0 Å². The van der Waals surface area contributed by atoms with Crippen LogP contribution in [0.4, 0.5) is 4.39 Å². The van der Waals surface area contributed by atoms with E-state index in [1.54, 1.807) is 18.3 Å². The number of pyridine rings is 1. The Kier molecular flexibility index (Phi) is 3.90. The minimum atomic E-state index is -0.195. The summed E-state index contributed by atoms with van der Waals surface area (Å²) < 4.78 is 20.2. The standard InChI is InChI=1S/C19H22FNO/c1-4-13-9-14(20)10-15-16(17-7-5-6-8-21-17)11-19(2,3)12-22-18(13)15/h5-10,16H,4,11-12H2,1-3H3. The zero-order valence-corrected chi connectivity index (χ0v) is 13.4. The molecule has 0 spiro atoms. The lowest BCUT2D eigenvalue weighted by atomic mass is 9.79. The second kappa shape index (κ2) is 5.71. The smallest absolute Gasteiger partial charge is 0.126 e. The lowest BCUT2D eigenvalue weighted by molar-refractivity contribution is 0.177. The first-order chi connectivity index (χ1) is 10.5. The van der Waals surface area contributed by atoms with Crippen molar-refractivity contribution in [2.45, 2.75) is 39.5 Å². The van der Waals surface area contributed by atoms with Crippen molar-refractivity contribution in [1.29, 1.82) is 0 Å². The van der Waals surface area contributed by atoms with Gasteiger partial charge in [0.2, 0.25) is 0 Å². The summed E-state index contributed by atoms with van der Waals surface area (Å²) in [6, 6.07) is 9.13. The van der Waals surface area contributed by atoms with Crippen molar-refractivity contribution in [3.63, 3.8) is 0 Å². The Labute approximate surface area is 131 Å². The quantitative estimate of drug-likeness (QED) is 0.800. The number of benzene rings is 1. The average Bonchev–Trinajstić information content (AvgIpc) is 2.64. The molecule has 3 rings (SSSR count). The minimum Gasteiger partial charge on any atom is -0.492 e. The van der Waals surface area contributed by atoms with Gasteiger partial charge >= 0.3 is 0 Å². The van der Waals surface area contributed by atoms with Gasteiger partial charge in [0.25, 0.3) is 0 Å². The van der Waals surface area contributed by atoms with Crippen LogP contribution in [-0.2, 0) is 6.42 Å². The molecule has 0 amide bonds. The van der Waals surface area contributed by atoms with Crippen molar-refractivity contribution >= 4 is 0 Å². The van der Waals surface area contributed by atoms with E-state index in [4.69, 9.17) is 4.74 Å². The van der Waals surface area contributed by atoms with Gasteiger partial charge in [0, 0.05) is 23.4 Å². The van der Waals surface area contributed by atoms with E-state index in [-0.39, 0.29) is 17.2 Å². The highest BCUT2D eigenvalue weighted by Gasteiger charge is 2.33. The highest BCUT2D eigenvalue weighted by Crippen LogP contribution is 2.44. The fraction of sp³-hybridized carbons (Fsp3) is 0.421. The Morgan fingerprint density at radius 2 is 2.14 bits per heavy atom. The molecule has 1 aliphatic heterocycles. The minimum absolute atomic E-state index is 0.0166. The van der Waals surface area contributed by atoms with Gasteiger partial charge < -0.3 is 4.74 Å². The first-order valence-electron chi connectivity index (χ1n) is 7.86. The monoisotopic (exact) mass is 299 g/mol. The molecule has 0 bridgehead atoms. The van der Waals surface area contributed by atoms with Crippen LogP contribution in [0.15, 0.2) is 36.5 Å². The molecule has 116 valence electrons. The maximum Gasteiger partial charge on any atom is 0.126 e. The van der Waals surface area contributed by atoms with Crippen LogP contribution in [0.25, 0.3) is 0 Å². The van der Waals surface area contributed by atoms with Crippen molar-refractivity contribution in [2.24, 2.45) is 5.41 Å². The molecule has 1 aliphatic rings. The molecule has 0 fully saturated rings. The Morgan fingerprint density at radius 3 is 2.82 bits per heavy atom. The van der Waals surface area contributed by atoms with Gasteiger partial charge in [0.05, 0.1) is 6.61 Å². The van der Waals surface area contributed by atoms with Crippen LogP contribution in [0.2, 0.25) is 0 Å². The lowest BCUT2D eigenvalue weighted by Gasteiger charge is -2.25. The van der Waals surface area contributed by atoms with Crippen LogP contribution in [0, 0.1) is 11.2 Å². The molecule has 0 N–H and O–H groups in total. The van der Waals surface area contributed by atoms with Gasteiger partial charge in [-0.3, -0.25) is 4.98 Å². The first-order valence-corrected chi connectivity index (χ1v) is 7.86. The largest absolute Gasteiger partial charge is 0.492 e. The Morgan fingerprint density at radius 1 is 1.32 bits per heavy atom. The molecule has 1 unspecified atom stereocenters. The zero-order valence-electron chi connectivity index (χ0n) is 13.4. The number of nitrogens with zero attached hydrogens (tertiary/aromatic N) is 1. The van der Waals surface area contributed by atoms with E-state index < -0.39 is 0 Å². The summed E-state index contributed by atoms with van der Waals surface area (Å²) in [4.78, 5) is 4.52. The van der Waals surface area contributed by atoms with Crippen LogP contribution in [0.3, 0.4) is 0 Å². The molecule has 22 heavy (non-hydrogen) atoms. The topological polar surface area (TPSA) is 22.1 Å². The molecular weight excluding hydrogens is 277 g/mol. The fourth-order valence-electron chi connectivity index (χ4n) is 3.21. The molecule has 1 aromatic heterocycles. The summed E-state index contributed by atoms with van der Waals surface area (Å²) in [7, 11) is 0. The van der Waals surface area contributed by atoms with Crippen molar-refractivity contribution < 1.29 is 9.13 Å². The number of ether oxygens (including phenoxy) is 1. The van der Waals surface area contributed by atoms with Crippen molar-refractivity contribution in [2.75, 3.05) is 6.61 Å². The molecule has 0 saturated carbocycles. The van der Waals surface area contributed by atoms with Crippen LogP contribution in [-0.4, -0.2) is 11.6 Å². The van der Waals surface area contributed by atoms with Gasteiger partial charge in [-0.1, -0.05) is 26.8 Å². The van der Waals surface area contributed by atoms with E-state index in [0.29, 0.717) is 6.61 Å². The van der Waals surface area contributed by atoms with Gasteiger partial charge in [-0.15, -0.1) is 0 Å². The van der Waals surface area contributed by atoms with E-state index in [0.717, 1.165) is 35.4 Å². The van der Waals surface area contributed by atoms with Crippen LogP contribution in [0.5, 0.6) is 5.75 Å². The predicted molar refractivity (Wildman–Crippen MR) is 85.8 cm³/mol. The van der Waals surface area contributed by atoms with Crippen molar-refractivity contribution in [3.8, 4) is 5.75 Å². The number of hydrogen-bond donors (Lipinski definition) is 0. The second-order valence-corrected chi connectivity index (χ2v) is 6.80. The van der Waals surface area contributed by atoms with Gasteiger partial charge in [0.15, 0.2) is 0 Å². The highest BCUT2D eigenvalue weighted by molar-refractivity contribution is 5.47. The maximum atomic E-state index is 14.1. The number of aryl methyl sites for hydroxylation is 1. The third-order valence-corrected chi connectivity index (χ3v) is 4.32. The molecule has 2 heterocycles. The molecule has 0 aliphatic carbocycles. The number of halogens is 1. The predicted octanol–water partition coefficient (Wildman–Crippen LogP) is 4.72. The normalized spacial score (nSPS) is 19.9. The van der Waals surface area contributed by atoms with Crippen LogP contribution in [0.1, 0.15) is 49.9 Å². The van der Waals surface area contributed by atoms with E-state index in [1.807, 2.05) is 25.1 Å². The molecule has 1 aromatic carbocycles. The lowest BCUT2D eigenvalue weighted by Crippen LogP contribution is -2.21. The van der Waals surface area contributed by atoms with Crippen molar-refractivity contribution in [3.05, 3.63) is 59.2 Å². The summed E-state index contributed by atoms with van der Waals surface area (Å²) in [5.74, 6) is 0.722. The molecule has 3 heteroatoms. The molecule has 2 nitrogen and oxygen atoms in total. The fourth-order valence-corrected chi connectivity index (χ4v) is 3.21. The van der Waals surface area contributed by atoms with Gasteiger partial charge in [-0.25, -0.2) is 4.39 Å². The van der Waals surface area contributed by atoms with Gasteiger partial charge in [-0.05, 0) is 48.1 Å². The van der Waals surface area contributed by atoms with E-state index in [1.165, 1.54) is 0 Å². The Bertz CT molecular complexity index is 667. The summed E-state index contributed by atoms with van der Waals surface area (Å²) in [5.41, 5.74) is 2.87. The summed E-state index contributed by atoms with van der Waals surface area (Å²) in [6.45, 7) is 7.06. The van der Waals surface area contributed by atoms with Gasteiger partial charge in [0.1, 0.15) is 11.6 Å². The summed E-state index contributed by atoms with van der Waals surface area (Å²) in [6.07, 6.45) is 3.45. The average molecular weight is 299 g/mol. The van der Waals surface area contributed by atoms with Gasteiger partial charge in [-0.2, -0.15) is 0 Å². The number of hydrogen-bond acceptors (Lipinski definition) is 2. The Hall–Kier alpha value is -1.90. The number of aromatic nitrogens is 1. The molecule has 0 radical (unpaired) electrons. The van der Waals surface area contributed by atoms with Crippen molar-refractivity contribution in [1.82, 2.24) is 4.98 Å². The molecular formula is C19H22FNO. The third-order valence-electron chi connectivity index (χ3n) is 4.32. The zero-order chi connectivity index (χ0) is 15.7. The molecule has 0 saturated heterocycles. The molecule has 2 aromatic rings. The summed E-state index contributed by atoms with van der Waals surface area (Å²) >= 11 is 0. The first kappa shape index (κ1) is 15.0. The SMILES string of the molecule is CCc1cc(F)cc2c1OCC(C)(C)CC2c1ccccn1. The summed E-state index contributed by atoms with van der Waals surface area (Å²) in [5, 5.41) is 0. The van der Waals surface area contributed by atoms with E-state index in [2.05, 4.69) is 18.8 Å². The number of fused-ring (bicyclic) bond motifs is 1. The van der Waals surface area contributed by atoms with Crippen LogP contribution >= 0.6 is 0 Å². The Balaban J connectivity index is 2.18. The third kappa shape index (κ3) is 2.85. The van der Waals surface area contributed by atoms with E-state index in [9.17, 15) is 4.39 Å². The highest BCUT2D eigenvalue weighted by atomic mass is 19.1. The van der Waals surface area contributed by atoms with Crippen LogP contribution < -0.4 is 4.74 Å². The number of rotatable bonds is 2. The second-order valence-electron chi connectivity index (χ2n) is 6.80.